The molecule has 0 saturated carbocycles. The second-order valence-electron chi connectivity index (χ2n) is 15.9. The maximum atomic E-state index is 13.4. The Kier molecular flexibility index (Phi) is 16.0. The fraction of sp³-hybridized carbons (Fsp3) is 0.370. The van der Waals surface area contributed by atoms with Crippen molar-refractivity contribution in [2.75, 3.05) is 65.0 Å². The van der Waals surface area contributed by atoms with E-state index in [2.05, 4.69) is 49.5 Å². The van der Waals surface area contributed by atoms with Crippen molar-refractivity contribution in [1.82, 2.24) is 35.1 Å². The number of nitrogen functional groups attached to an aromatic ring is 2. The van der Waals surface area contributed by atoms with Crippen LogP contribution in [-0.4, -0.2) is 111 Å². The molecule has 16 heteroatoms. The monoisotopic (exact) mass is 863 g/mol. The fourth-order valence-electron chi connectivity index (χ4n) is 7.78. The number of halogens is 1. The number of carbonyl (C=O) groups excluding carboxylic acids is 3. The van der Waals surface area contributed by atoms with Crippen molar-refractivity contribution >= 4 is 41.0 Å². The van der Waals surface area contributed by atoms with Crippen LogP contribution >= 0.6 is 11.6 Å². The number of quaternary nitrogens is 1. The van der Waals surface area contributed by atoms with E-state index < -0.39 is 5.91 Å². The Labute approximate surface area is 368 Å². The largest absolute Gasteiger partial charge is 0.484 e. The number of nitrogens with one attached hydrogen (secondary N) is 1. The molecule has 3 aromatic heterocycles. The minimum Gasteiger partial charge on any atom is -0.484 e. The van der Waals surface area contributed by atoms with Gasteiger partial charge in [0.15, 0.2) is 35.7 Å². The lowest BCUT2D eigenvalue weighted by atomic mass is 9.99. The van der Waals surface area contributed by atoms with E-state index in [9.17, 15) is 14.4 Å². The zero-order valence-corrected chi connectivity index (χ0v) is 36.2. The zero-order valence-electron chi connectivity index (χ0n) is 35.4. The van der Waals surface area contributed by atoms with Crippen LogP contribution < -0.4 is 26.3 Å². The Morgan fingerprint density at radius 2 is 1.26 bits per heavy atom. The molecule has 15 nitrogen and oxygen atoms in total. The van der Waals surface area contributed by atoms with E-state index in [0.29, 0.717) is 24.6 Å². The number of hydrogen-bond acceptors (Lipinski definition) is 11. The van der Waals surface area contributed by atoms with Gasteiger partial charge in [-0.2, -0.15) is 0 Å². The highest BCUT2D eigenvalue weighted by atomic mass is 35.5. The summed E-state index contributed by atoms with van der Waals surface area (Å²) in [7, 11) is 3.50. The molecular weight excluding hydrogens is 808 g/mol. The van der Waals surface area contributed by atoms with E-state index in [1.165, 1.54) is 11.1 Å². The van der Waals surface area contributed by atoms with Crippen molar-refractivity contribution in [3.05, 3.63) is 131 Å². The Bertz CT molecular complexity index is 2120. The predicted molar refractivity (Wildman–Crippen MR) is 238 cm³/mol. The van der Waals surface area contributed by atoms with Gasteiger partial charge in [-0.15, -0.1) is 0 Å². The Morgan fingerprint density at radius 1 is 0.742 bits per heavy atom. The highest BCUT2D eigenvalue weighted by molar-refractivity contribution is 6.31. The standard InChI is InChI=1S/C46H55ClN10O5/c1-55(28-35-8-3-21-50-26-35)40(58)31-61-38-17-13-33(14-18-38)10-5-23-57(25-7-12-37(30-57)52-46(60)42-44(48)54-45(49)43(47)53-42)24-6-11-34-15-19-39(20-16-34)62-32-41(59)56(2)29-36-9-4-22-51-27-36/h3-4,8-9,13-22,26-27,37H,5-7,10-12,23-25,28-32H2,1-2H3,(H4-,48,49,52,54,60)/p+1. The first-order chi connectivity index (χ1) is 29.9. The van der Waals surface area contributed by atoms with Gasteiger partial charge in [0.25, 0.3) is 17.7 Å². The van der Waals surface area contributed by atoms with Crippen LogP contribution in [0, 0.1) is 0 Å². The maximum Gasteiger partial charge on any atom is 0.274 e. The molecule has 5 N–H and O–H groups in total. The number of anilines is 2. The molecule has 0 radical (unpaired) electrons. The van der Waals surface area contributed by atoms with E-state index >= 15 is 0 Å². The number of hydrogen-bond donors (Lipinski definition) is 3. The van der Waals surface area contributed by atoms with E-state index in [-0.39, 0.29) is 53.6 Å². The van der Waals surface area contributed by atoms with Crippen LogP contribution in [-0.2, 0) is 35.5 Å². The summed E-state index contributed by atoms with van der Waals surface area (Å²) in [5, 5.41) is 3.10. The molecule has 62 heavy (non-hydrogen) atoms. The van der Waals surface area contributed by atoms with Gasteiger partial charge in [-0.25, -0.2) is 9.97 Å². The molecule has 1 saturated heterocycles. The van der Waals surface area contributed by atoms with Gasteiger partial charge in [0.1, 0.15) is 11.5 Å². The average molecular weight is 864 g/mol. The van der Waals surface area contributed by atoms with Crippen LogP contribution in [0.1, 0.15) is 58.4 Å². The lowest BCUT2D eigenvalue weighted by Crippen LogP contribution is -2.60. The van der Waals surface area contributed by atoms with Gasteiger partial charge in [-0.1, -0.05) is 48.0 Å². The van der Waals surface area contributed by atoms with E-state index in [0.717, 1.165) is 80.3 Å². The van der Waals surface area contributed by atoms with Crippen LogP contribution in [0.5, 0.6) is 11.5 Å². The first-order valence-corrected chi connectivity index (χ1v) is 21.3. The summed E-state index contributed by atoms with van der Waals surface area (Å²) in [6, 6.07) is 23.3. The number of pyridine rings is 2. The van der Waals surface area contributed by atoms with Crippen molar-refractivity contribution < 1.29 is 28.3 Å². The molecule has 4 heterocycles. The maximum absolute atomic E-state index is 13.4. The molecule has 1 unspecified atom stereocenters. The van der Waals surface area contributed by atoms with Crippen LogP contribution in [0.15, 0.2) is 97.6 Å². The minimum absolute atomic E-state index is 0.0235. The first-order valence-electron chi connectivity index (χ1n) is 20.9. The van der Waals surface area contributed by atoms with E-state index in [1.807, 2.05) is 48.5 Å². The molecule has 1 fully saturated rings. The molecule has 0 aliphatic carbocycles. The number of nitrogens with zero attached hydrogens (tertiary/aromatic N) is 7. The molecule has 0 spiro atoms. The van der Waals surface area contributed by atoms with Gasteiger partial charge >= 0.3 is 0 Å². The Hall–Kier alpha value is -6.32. The molecule has 1 atom stereocenters. The number of rotatable bonds is 20. The molecule has 5 aromatic rings. The van der Waals surface area contributed by atoms with Gasteiger partial charge in [-0.3, -0.25) is 24.4 Å². The van der Waals surface area contributed by atoms with Crippen LogP contribution in [0.2, 0.25) is 5.15 Å². The minimum atomic E-state index is -0.421. The number of likely N-dealkylation sites (tertiary alicyclic amines) is 1. The lowest BCUT2D eigenvalue weighted by Gasteiger charge is -2.45. The third kappa shape index (κ3) is 13.3. The van der Waals surface area contributed by atoms with Gasteiger partial charge in [0.2, 0.25) is 0 Å². The number of aryl methyl sites for hydroxylation is 2. The summed E-state index contributed by atoms with van der Waals surface area (Å²) in [6.07, 6.45) is 12.3. The summed E-state index contributed by atoms with van der Waals surface area (Å²) >= 11 is 6.09. The molecule has 0 bridgehead atoms. The highest BCUT2D eigenvalue weighted by Gasteiger charge is 2.36. The Morgan fingerprint density at radius 3 is 1.74 bits per heavy atom. The number of likely N-dealkylation sites (N-methyl/N-ethyl adjacent to an activating group) is 2. The number of piperidine rings is 1. The van der Waals surface area contributed by atoms with Gasteiger partial charge < -0.3 is 40.5 Å². The van der Waals surface area contributed by atoms with Gasteiger partial charge in [-0.05, 0) is 84.3 Å². The van der Waals surface area contributed by atoms with Crippen molar-refractivity contribution in [2.24, 2.45) is 0 Å². The van der Waals surface area contributed by atoms with Crippen molar-refractivity contribution in [3.63, 3.8) is 0 Å². The molecule has 3 amide bonds. The predicted octanol–water partition coefficient (Wildman–Crippen LogP) is 5.13. The first kappa shape index (κ1) is 45.2. The number of aromatic nitrogens is 4. The molecular formula is C46H56ClN10O5+. The lowest BCUT2D eigenvalue weighted by molar-refractivity contribution is -0.933. The topological polar surface area (TPSA) is 192 Å². The third-order valence-electron chi connectivity index (χ3n) is 11.2. The molecule has 2 aromatic carbocycles. The average Bonchev–Trinajstić information content (AvgIpc) is 3.27. The summed E-state index contributed by atoms with van der Waals surface area (Å²) < 4.78 is 12.5. The van der Waals surface area contributed by atoms with Gasteiger partial charge in [0.05, 0.1) is 32.2 Å². The SMILES string of the molecule is CN(Cc1cccnc1)C(=O)COc1ccc(CCC[N+]2(CCCc3ccc(OCC(=O)N(C)Cc4cccnc4)cc3)CCCC(NC(=O)c3nc(Cl)c(N)nc3N)C2)cc1. The molecule has 1 aliphatic heterocycles. The summed E-state index contributed by atoms with van der Waals surface area (Å²) in [5.74, 6) is 0.536. The number of benzene rings is 2. The highest BCUT2D eigenvalue weighted by Crippen LogP contribution is 2.25. The van der Waals surface area contributed by atoms with Crippen molar-refractivity contribution in [2.45, 2.75) is 57.7 Å². The van der Waals surface area contributed by atoms with Crippen molar-refractivity contribution in [1.29, 1.82) is 0 Å². The number of carbonyl (C=O) groups is 3. The summed E-state index contributed by atoms with van der Waals surface area (Å²) in [5.41, 5.74) is 16.0. The fourth-order valence-corrected chi connectivity index (χ4v) is 7.91. The molecule has 326 valence electrons. The van der Waals surface area contributed by atoms with Crippen molar-refractivity contribution in [3.8, 4) is 11.5 Å². The Balaban J connectivity index is 1.02. The van der Waals surface area contributed by atoms with Crippen LogP contribution in [0.25, 0.3) is 0 Å². The smallest absolute Gasteiger partial charge is 0.274 e. The quantitative estimate of drug-likeness (QED) is 0.0879. The second kappa shape index (κ2) is 22.0. The normalized spacial score (nSPS) is 14.4. The summed E-state index contributed by atoms with van der Waals surface area (Å²) in [4.78, 5) is 58.4. The van der Waals surface area contributed by atoms with E-state index in [4.69, 9.17) is 32.5 Å². The van der Waals surface area contributed by atoms with Gasteiger partial charge in [0, 0.05) is 64.8 Å². The zero-order chi connectivity index (χ0) is 43.9. The summed E-state index contributed by atoms with van der Waals surface area (Å²) in [6.45, 7) is 4.42. The van der Waals surface area contributed by atoms with Crippen LogP contribution in [0.4, 0.5) is 11.6 Å². The van der Waals surface area contributed by atoms with Crippen LogP contribution in [0.3, 0.4) is 0 Å². The number of nitrogens with two attached hydrogens (primary N) is 2. The number of amides is 3. The molecule has 6 rings (SSSR count). The second-order valence-corrected chi connectivity index (χ2v) is 16.3. The third-order valence-corrected chi connectivity index (χ3v) is 11.4. The molecule has 1 aliphatic rings. The van der Waals surface area contributed by atoms with E-state index in [1.54, 1.807) is 48.7 Å². The number of ether oxygens (including phenoxy) is 2.